The van der Waals surface area contributed by atoms with Crippen LogP contribution in [0.3, 0.4) is 0 Å². The zero-order valence-corrected chi connectivity index (χ0v) is 21.0. The summed E-state index contributed by atoms with van der Waals surface area (Å²) in [5, 5.41) is 10.5. The molecule has 1 amide bonds. The number of aryl methyl sites for hydroxylation is 2. The molecule has 1 fully saturated rings. The van der Waals surface area contributed by atoms with Crippen LogP contribution in [-0.4, -0.2) is 27.4 Å². The summed E-state index contributed by atoms with van der Waals surface area (Å²) in [5.74, 6) is -3.91. The average Bonchev–Trinajstić information content (AvgIpc) is 3.30. The van der Waals surface area contributed by atoms with Crippen LogP contribution in [0.2, 0.25) is 0 Å². The van der Waals surface area contributed by atoms with Crippen molar-refractivity contribution >= 4 is 11.9 Å². The molecule has 1 aliphatic carbocycles. The zero-order valence-electron chi connectivity index (χ0n) is 21.0. The maximum atomic E-state index is 14.4. The van der Waals surface area contributed by atoms with Gasteiger partial charge in [-0.2, -0.15) is 13.2 Å². The Bertz CT molecular complexity index is 1420. The van der Waals surface area contributed by atoms with E-state index in [-0.39, 0.29) is 17.7 Å². The number of halogens is 4. The summed E-state index contributed by atoms with van der Waals surface area (Å²) in [5.41, 5.74) is 2.29. The lowest BCUT2D eigenvalue weighted by molar-refractivity contribution is -0.143. The van der Waals surface area contributed by atoms with Crippen LogP contribution in [0.25, 0.3) is 11.1 Å². The molecule has 1 atom stereocenters. The Labute approximate surface area is 217 Å². The highest BCUT2D eigenvalue weighted by atomic mass is 19.4. The van der Waals surface area contributed by atoms with Crippen LogP contribution < -0.4 is 0 Å². The number of aliphatic carboxylic acids is 1. The Balaban J connectivity index is 1.63. The molecule has 0 saturated heterocycles. The van der Waals surface area contributed by atoms with E-state index in [1.54, 1.807) is 18.2 Å². The number of fused-ring (bicyclic) bond motifs is 1. The maximum absolute atomic E-state index is 14.4. The molecule has 38 heavy (non-hydrogen) atoms. The van der Waals surface area contributed by atoms with E-state index >= 15 is 0 Å². The lowest BCUT2D eigenvalue weighted by atomic mass is 9.70. The monoisotopic (exact) mass is 525 g/mol. The van der Waals surface area contributed by atoms with Crippen LogP contribution >= 0.6 is 0 Å². The van der Waals surface area contributed by atoms with Gasteiger partial charge in [0.05, 0.1) is 11.1 Å². The van der Waals surface area contributed by atoms with E-state index in [9.17, 15) is 32.3 Å². The Morgan fingerprint density at radius 1 is 1.03 bits per heavy atom. The Kier molecular flexibility index (Phi) is 6.32. The second-order valence-electron chi connectivity index (χ2n) is 10.4. The summed E-state index contributed by atoms with van der Waals surface area (Å²) in [7, 11) is 0. The van der Waals surface area contributed by atoms with Crippen molar-refractivity contribution in [3.63, 3.8) is 0 Å². The molecule has 1 unspecified atom stereocenters. The third-order valence-electron chi connectivity index (χ3n) is 8.08. The number of nitrogens with zero attached hydrogens (tertiary/aromatic N) is 1. The molecule has 1 N–H and O–H groups in total. The second kappa shape index (κ2) is 9.26. The lowest BCUT2D eigenvalue weighted by Gasteiger charge is -2.49. The van der Waals surface area contributed by atoms with Gasteiger partial charge in [0.1, 0.15) is 11.7 Å². The Morgan fingerprint density at radius 2 is 1.68 bits per heavy atom. The molecule has 1 aliphatic heterocycles. The number of carboxylic acid groups (broad SMARTS) is 1. The van der Waals surface area contributed by atoms with Gasteiger partial charge in [0, 0.05) is 12.1 Å². The van der Waals surface area contributed by atoms with Crippen molar-refractivity contribution in [2.45, 2.75) is 63.7 Å². The summed E-state index contributed by atoms with van der Waals surface area (Å²) in [6.45, 7) is 3.77. The zero-order chi connectivity index (χ0) is 27.4. The van der Waals surface area contributed by atoms with Gasteiger partial charge in [-0.15, -0.1) is 0 Å². The standard InChI is InChI=1S/C30H27F4NO3/c1-17-6-5-7-18(2)25(17)20-9-10-21-22(15-20)26(28(37)38)29(12-3-4-13-29)35(27(21)36)16-19-8-11-23(24(31)14-19)30(32,33)34/h5-11,14-15,26H,3-4,12-13,16H2,1-2H3,(H,37,38). The predicted molar refractivity (Wildman–Crippen MR) is 134 cm³/mol. The van der Waals surface area contributed by atoms with E-state index in [0.717, 1.165) is 34.4 Å². The van der Waals surface area contributed by atoms with E-state index in [4.69, 9.17) is 0 Å². The van der Waals surface area contributed by atoms with Crippen molar-refractivity contribution in [3.05, 3.63) is 93.8 Å². The molecule has 0 radical (unpaired) electrons. The van der Waals surface area contributed by atoms with Gasteiger partial charge in [0.2, 0.25) is 0 Å². The first kappa shape index (κ1) is 25.9. The van der Waals surface area contributed by atoms with E-state index in [1.807, 2.05) is 32.0 Å². The van der Waals surface area contributed by atoms with Crippen LogP contribution in [0.1, 0.15) is 69.8 Å². The molecule has 1 saturated carbocycles. The minimum atomic E-state index is -4.84. The molecule has 2 aliphatic rings. The maximum Gasteiger partial charge on any atom is 0.419 e. The summed E-state index contributed by atoms with van der Waals surface area (Å²) < 4.78 is 53.6. The number of hydrogen-bond donors (Lipinski definition) is 1. The molecule has 1 heterocycles. The number of alkyl halides is 3. The van der Waals surface area contributed by atoms with Crippen LogP contribution in [0, 0.1) is 19.7 Å². The number of amides is 1. The van der Waals surface area contributed by atoms with Gasteiger partial charge < -0.3 is 10.0 Å². The number of hydrogen-bond acceptors (Lipinski definition) is 2. The summed E-state index contributed by atoms with van der Waals surface area (Å²) >= 11 is 0. The summed E-state index contributed by atoms with van der Waals surface area (Å²) in [6, 6.07) is 13.7. The van der Waals surface area contributed by atoms with Gasteiger partial charge in [-0.25, -0.2) is 4.39 Å². The van der Waals surface area contributed by atoms with Gasteiger partial charge >= 0.3 is 12.1 Å². The molecular weight excluding hydrogens is 498 g/mol. The lowest BCUT2D eigenvalue weighted by Crippen LogP contribution is -2.58. The molecule has 0 bridgehead atoms. The number of carbonyl (C=O) groups excluding carboxylic acids is 1. The molecule has 8 heteroatoms. The molecule has 3 aromatic carbocycles. The largest absolute Gasteiger partial charge is 0.481 e. The first-order chi connectivity index (χ1) is 17.9. The molecule has 1 spiro atoms. The van der Waals surface area contributed by atoms with Gasteiger partial charge in [-0.3, -0.25) is 9.59 Å². The minimum Gasteiger partial charge on any atom is -0.481 e. The normalized spacial score (nSPS) is 18.6. The van der Waals surface area contributed by atoms with E-state index in [0.29, 0.717) is 37.3 Å². The highest BCUT2D eigenvalue weighted by Crippen LogP contribution is 2.51. The molecule has 0 aromatic heterocycles. The molecule has 198 valence electrons. The quantitative estimate of drug-likeness (QED) is 0.365. The third kappa shape index (κ3) is 4.16. The van der Waals surface area contributed by atoms with Gasteiger partial charge in [-0.1, -0.05) is 43.2 Å². The fraction of sp³-hybridized carbons (Fsp3) is 0.333. The van der Waals surface area contributed by atoms with Crippen LogP contribution in [-0.2, 0) is 17.5 Å². The van der Waals surface area contributed by atoms with E-state index in [1.165, 1.54) is 4.90 Å². The first-order valence-electron chi connectivity index (χ1n) is 12.5. The molecule has 5 rings (SSSR count). The molecule has 3 aromatic rings. The molecule has 4 nitrogen and oxygen atoms in total. The predicted octanol–water partition coefficient (Wildman–Crippen LogP) is 7.27. The number of carbonyl (C=O) groups is 2. The Hall–Kier alpha value is -3.68. The minimum absolute atomic E-state index is 0.176. The number of benzene rings is 3. The van der Waals surface area contributed by atoms with Gasteiger partial charge in [0.25, 0.3) is 5.91 Å². The van der Waals surface area contributed by atoms with Gasteiger partial charge in [0.15, 0.2) is 0 Å². The summed E-state index contributed by atoms with van der Waals surface area (Å²) in [4.78, 5) is 28.2. The highest BCUT2D eigenvalue weighted by Gasteiger charge is 2.56. The topological polar surface area (TPSA) is 57.6 Å². The number of rotatable bonds is 4. The van der Waals surface area contributed by atoms with Gasteiger partial charge in [-0.05, 0) is 84.3 Å². The SMILES string of the molecule is Cc1cccc(C)c1-c1ccc2c(c1)C(C(=O)O)C1(CCCC1)N(Cc1ccc(C(F)(F)F)c(F)c1)C2=O. The molecular formula is C30H27F4NO3. The first-order valence-corrected chi connectivity index (χ1v) is 12.5. The van der Waals surface area contributed by atoms with Crippen molar-refractivity contribution in [3.8, 4) is 11.1 Å². The van der Waals surface area contributed by atoms with Crippen molar-refractivity contribution in [1.82, 2.24) is 4.90 Å². The van der Waals surface area contributed by atoms with Crippen LogP contribution in [0.4, 0.5) is 17.6 Å². The van der Waals surface area contributed by atoms with Crippen molar-refractivity contribution in [2.24, 2.45) is 0 Å². The highest BCUT2D eigenvalue weighted by molar-refractivity contribution is 6.01. The average molecular weight is 526 g/mol. The van der Waals surface area contributed by atoms with Crippen LogP contribution in [0.5, 0.6) is 0 Å². The van der Waals surface area contributed by atoms with Crippen molar-refractivity contribution < 1.29 is 32.3 Å². The van der Waals surface area contributed by atoms with Crippen LogP contribution in [0.15, 0.2) is 54.6 Å². The van der Waals surface area contributed by atoms with Crippen molar-refractivity contribution in [2.75, 3.05) is 0 Å². The third-order valence-corrected chi connectivity index (χ3v) is 8.08. The van der Waals surface area contributed by atoms with Crippen molar-refractivity contribution in [1.29, 1.82) is 0 Å². The fourth-order valence-corrected chi connectivity index (χ4v) is 6.42. The van der Waals surface area contributed by atoms with E-state index in [2.05, 4.69) is 0 Å². The Morgan fingerprint density at radius 3 is 2.26 bits per heavy atom. The fourth-order valence-electron chi connectivity index (χ4n) is 6.42. The second-order valence-corrected chi connectivity index (χ2v) is 10.4. The smallest absolute Gasteiger partial charge is 0.419 e. The number of carboxylic acids is 1. The van der Waals surface area contributed by atoms with E-state index < -0.39 is 40.9 Å². The summed E-state index contributed by atoms with van der Waals surface area (Å²) in [6.07, 6.45) is -2.55.